The van der Waals surface area contributed by atoms with Crippen molar-refractivity contribution in [1.82, 2.24) is 14.8 Å². The van der Waals surface area contributed by atoms with Gasteiger partial charge in [0.25, 0.3) is 0 Å². The minimum absolute atomic E-state index is 0.0182. The summed E-state index contributed by atoms with van der Waals surface area (Å²) in [5, 5.41) is 14.8. The van der Waals surface area contributed by atoms with Gasteiger partial charge < -0.3 is 14.3 Å². The Labute approximate surface area is 226 Å². The van der Waals surface area contributed by atoms with E-state index in [4.69, 9.17) is 14.3 Å². The van der Waals surface area contributed by atoms with Crippen molar-refractivity contribution in [3.8, 4) is 17.0 Å². The number of benzene rings is 1. The minimum Gasteiger partial charge on any atom is -0.477 e. The fourth-order valence-electron chi connectivity index (χ4n) is 5.72. The first-order valence-electron chi connectivity index (χ1n) is 13.7. The number of ether oxygens (including phenoxy) is 1. The van der Waals surface area contributed by atoms with Crippen LogP contribution >= 0.6 is 0 Å². The zero-order chi connectivity index (χ0) is 26.9. The average molecular weight is 529 g/mol. The molecule has 1 aliphatic heterocycles. The molecule has 4 heterocycles. The Hall–Kier alpha value is -3.98. The van der Waals surface area contributed by atoms with Crippen molar-refractivity contribution < 1.29 is 23.8 Å². The van der Waals surface area contributed by atoms with Crippen molar-refractivity contribution in [2.75, 3.05) is 18.1 Å². The van der Waals surface area contributed by atoms with Crippen LogP contribution in [-0.4, -0.2) is 51.0 Å². The number of carbonyl (C=O) groups excluding carboxylic acids is 1. The lowest BCUT2D eigenvalue weighted by Gasteiger charge is -2.37. The SMILES string of the molecule is C[C@H]1CC[C@H](C(=O)N(c2nn(-c3ccc(-c4cc5ncccc5o4)cc3)cc2C(=O)O)C2CCOCC2)CC1. The Morgan fingerprint density at radius 1 is 1.03 bits per heavy atom. The standard InChI is InChI=1S/C30H32N4O5/c1-19-4-6-21(7-5-19)29(35)34(23-12-15-38-16-13-23)28-24(30(36)37)18-33(32-28)22-10-8-20(9-11-22)27-17-25-26(39-27)3-2-14-31-25/h2-3,8-11,14,17-19,21,23H,4-7,12-13,15-16H2,1H3,(H,36,37)/t19-,21-. The van der Waals surface area contributed by atoms with Gasteiger partial charge in [0, 0.05) is 49.2 Å². The number of furan rings is 1. The van der Waals surface area contributed by atoms with Gasteiger partial charge in [-0.15, -0.1) is 5.10 Å². The van der Waals surface area contributed by atoms with Gasteiger partial charge in [-0.25, -0.2) is 9.48 Å². The van der Waals surface area contributed by atoms with Crippen molar-refractivity contribution in [1.29, 1.82) is 0 Å². The van der Waals surface area contributed by atoms with E-state index in [1.165, 1.54) is 6.20 Å². The normalized spacial score (nSPS) is 20.2. The average Bonchev–Trinajstić information content (AvgIpc) is 3.60. The summed E-state index contributed by atoms with van der Waals surface area (Å²) < 4.78 is 13.0. The summed E-state index contributed by atoms with van der Waals surface area (Å²) in [5.41, 5.74) is 3.07. The second-order valence-electron chi connectivity index (χ2n) is 10.7. The Morgan fingerprint density at radius 3 is 2.46 bits per heavy atom. The fraction of sp³-hybridized carbons (Fsp3) is 0.400. The maximum atomic E-state index is 13.9. The number of carboxylic acids is 1. The quantitative estimate of drug-likeness (QED) is 0.341. The van der Waals surface area contributed by atoms with Gasteiger partial charge in [-0.3, -0.25) is 14.7 Å². The third-order valence-corrected chi connectivity index (χ3v) is 8.02. The largest absolute Gasteiger partial charge is 0.477 e. The summed E-state index contributed by atoms with van der Waals surface area (Å²) >= 11 is 0. The van der Waals surface area contributed by atoms with E-state index in [-0.39, 0.29) is 29.2 Å². The number of fused-ring (bicyclic) bond motifs is 1. The van der Waals surface area contributed by atoms with E-state index in [2.05, 4.69) is 11.9 Å². The maximum absolute atomic E-state index is 13.9. The molecule has 1 aromatic carbocycles. The summed E-state index contributed by atoms with van der Waals surface area (Å²) in [6.07, 6.45) is 8.19. The Bertz CT molecular complexity index is 1440. The van der Waals surface area contributed by atoms with Crippen LogP contribution in [0.4, 0.5) is 5.82 Å². The monoisotopic (exact) mass is 528 g/mol. The van der Waals surface area contributed by atoms with Gasteiger partial charge in [-0.2, -0.15) is 0 Å². The molecule has 1 amide bonds. The van der Waals surface area contributed by atoms with Crippen molar-refractivity contribution in [2.24, 2.45) is 11.8 Å². The van der Waals surface area contributed by atoms with Crippen LogP contribution in [-0.2, 0) is 9.53 Å². The number of aromatic nitrogens is 3. The van der Waals surface area contributed by atoms with Gasteiger partial charge in [-0.05, 0) is 80.8 Å². The number of carbonyl (C=O) groups is 2. The molecule has 2 fully saturated rings. The maximum Gasteiger partial charge on any atom is 0.341 e. The van der Waals surface area contributed by atoms with Crippen molar-refractivity contribution in [2.45, 2.75) is 51.5 Å². The number of amides is 1. The summed E-state index contributed by atoms with van der Waals surface area (Å²) in [7, 11) is 0. The summed E-state index contributed by atoms with van der Waals surface area (Å²) in [6, 6.07) is 13.0. The molecule has 0 bridgehead atoms. The molecule has 6 rings (SSSR count). The van der Waals surface area contributed by atoms with Gasteiger partial charge in [0.2, 0.25) is 5.91 Å². The Morgan fingerprint density at radius 2 is 1.77 bits per heavy atom. The number of hydrogen-bond acceptors (Lipinski definition) is 6. The zero-order valence-electron chi connectivity index (χ0n) is 22.0. The first-order chi connectivity index (χ1) is 19.0. The smallest absolute Gasteiger partial charge is 0.341 e. The summed E-state index contributed by atoms with van der Waals surface area (Å²) in [6.45, 7) is 3.30. The van der Waals surface area contributed by atoms with Crippen LogP contribution in [0.2, 0.25) is 0 Å². The number of carboxylic acid groups (broad SMARTS) is 1. The first-order valence-corrected chi connectivity index (χ1v) is 13.7. The molecule has 1 aliphatic carbocycles. The predicted octanol–water partition coefficient (Wildman–Crippen LogP) is 5.72. The van der Waals surface area contributed by atoms with E-state index in [1.807, 2.05) is 42.5 Å². The molecule has 3 aromatic heterocycles. The highest BCUT2D eigenvalue weighted by molar-refractivity contribution is 6.02. The lowest BCUT2D eigenvalue weighted by atomic mass is 9.82. The second-order valence-corrected chi connectivity index (χ2v) is 10.7. The van der Waals surface area contributed by atoms with Crippen molar-refractivity contribution >= 4 is 28.8 Å². The molecule has 1 saturated heterocycles. The Kier molecular flexibility index (Phi) is 6.91. The van der Waals surface area contributed by atoms with Crippen LogP contribution in [0.1, 0.15) is 55.8 Å². The lowest BCUT2D eigenvalue weighted by molar-refractivity contribution is -0.124. The number of hydrogen-bond donors (Lipinski definition) is 1. The number of anilines is 1. The molecule has 0 atom stereocenters. The molecular formula is C30H32N4O5. The molecule has 0 unspecified atom stereocenters. The molecule has 9 nitrogen and oxygen atoms in total. The van der Waals surface area contributed by atoms with Crippen molar-refractivity contribution in [3.63, 3.8) is 0 Å². The zero-order valence-corrected chi connectivity index (χ0v) is 22.0. The van der Waals surface area contributed by atoms with E-state index in [1.54, 1.807) is 15.8 Å². The second kappa shape index (κ2) is 10.6. The predicted molar refractivity (Wildman–Crippen MR) is 146 cm³/mol. The van der Waals surface area contributed by atoms with Gasteiger partial charge in [0.05, 0.1) is 5.69 Å². The summed E-state index contributed by atoms with van der Waals surface area (Å²) in [5.74, 6) is 0.276. The third kappa shape index (κ3) is 5.06. The van der Waals surface area contributed by atoms with Crippen LogP contribution in [0.25, 0.3) is 28.1 Å². The van der Waals surface area contributed by atoms with Gasteiger partial charge in [-0.1, -0.05) is 6.92 Å². The molecule has 1 N–H and O–H groups in total. The third-order valence-electron chi connectivity index (χ3n) is 8.02. The molecular weight excluding hydrogens is 496 g/mol. The molecule has 39 heavy (non-hydrogen) atoms. The molecule has 4 aromatic rings. The van der Waals surface area contributed by atoms with E-state index in [0.717, 1.165) is 36.8 Å². The highest BCUT2D eigenvalue weighted by Gasteiger charge is 2.37. The van der Waals surface area contributed by atoms with E-state index in [9.17, 15) is 14.7 Å². The van der Waals surface area contributed by atoms with E-state index >= 15 is 0 Å². The van der Waals surface area contributed by atoms with Crippen LogP contribution in [0.15, 0.2) is 59.3 Å². The fourth-order valence-corrected chi connectivity index (χ4v) is 5.72. The molecule has 1 saturated carbocycles. The van der Waals surface area contributed by atoms with Crippen LogP contribution in [0.3, 0.4) is 0 Å². The summed E-state index contributed by atoms with van der Waals surface area (Å²) in [4.78, 5) is 32.3. The van der Waals surface area contributed by atoms with Crippen LogP contribution in [0, 0.1) is 11.8 Å². The number of rotatable bonds is 6. The number of pyridine rings is 1. The van der Waals surface area contributed by atoms with E-state index in [0.29, 0.717) is 49.0 Å². The molecule has 2 aliphatic rings. The van der Waals surface area contributed by atoms with Crippen LogP contribution in [0.5, 0.6) is 0 Å². The number of aromatic carboxylic acids is 1. The molecule has 0 radical (unpaired) electrons. The number of nitrogens with zero attached hydrogens (tertiary/aromatic N) is 4. The van der Waals surface area contributed by atoms with Crippen molar-refractivity contribution in [3.05, 3.63) is 60.4 Å². The van der Waals surface area contributed by atoms with Gasteiger partial charge in [0.15, 0.2) is 11.4 Å². The molecule has 0 spiro atoms. The topological polar surface area (TPSA) is 111 Å². The minimum atomic E-state index is -1.11. The highest BCUT2D eigenvalue weighted by atomic mass is 16.5. The Balaban J connectivity index is 1.34. The first kappa shape index (κ1) is 25.3. The highest BCUT2D eigenvalue weighted by Crippen LogP contribution is 2.35. The van der Waals surface area contributed by atoms with E-state index < -0.39 is 5.97 Å². The van der Waals surface area contributed by atoms with Crippen LogP contribution < -0.4 is 4.90 Å². The van der Waals surface area contributed by atoms with Gasteiger partial charge >= 0.3 is 5.97 Å². The van der Waals surface area contributed by atoms with Gasteiger partial charge in [0.1, 0.15) is 16.8 Å². The lowest BCUT2D eigenvalue weighted by Crippen LogP contribution is -2.47. The molecule has 9 heteroatoms. The molecule has 202 valence electrons.